The molecule has 2 aromatic carbocycles. The van der Waals surface area contributed by atoms with Crippen molar-refractivity contribution in [1.29, 1.82) is 0 Å². The fourth-order valence-corrected chi connectivity index (χ4v) is 3.28. The number of carbonyl (C=O) groups is 1. The number of amides is 1. The van der Waals surface area contributed by atoms with Gasteiger partial charge in [-0.2, -0.15) is 0 Å². The van der Waals surface area contributed by atoms with E-state index in [0.29, 0.717) is 39.7 Å². The van der Waals surface area contributed by atoms with Gasteiger partial charge in [0.1, 0.15) is 29.9 Å². The second-order valence-electron chi connectivity index (χ2n) is 6.66. The van der Waals surface area contributed by atoms with Crippen LogP contribution in [0, 0.1) is 5.82 Å². The highest BCUT2D eigenvalue weighted by Gasteiger charge is 2.21. The summed E-state index contributed by atoms with van der Waals surface area (Å²) in [5.74, 6) is 0.168. The number of carbonyl (C=O) groups excluding carboxylic acids is 1. The average molecular weight is 439 g/mol. The maximum absolute atomic E-state index is 13.2. The van der Waals surface area contributed by atoms with Crippen LogP contribution >= 0.6 is 11.6 Å². The van der Waals surface area contributed by atoms with E-state index in [1.807, 2.05) is 0 Å². The van der Waals surface area contributed by atoms with Crippen LogP contribution in [0.4, 0.5) is 10.2 Å². The zero-order valence-electron chi connectivity index (χ0n) is 16.3. The molecule has 1 aliphatic rings. The second kappa shape index (κ2) is 8.49. The highest BCUT2D eigenvalue weighted by molar-refractivity contribution is 6.35. The monoisotopic (exact) mass is 438 g/mol. The number of fused-ring (bicyclic) bond motifs is 2. The third-order valence-electron chi connectivity index (χ3n) is 4.60. The number of aromatic nitrogens is 4. The summed E-state index contributed by atoms with van der Waals surface area (Å²) in [5.41, 5.74) is 1.15. The average Bonchev–Trinajstić information content (AvgIpc) is 2.77. The van der Waals surface area contributed by atoms with Crippen molar-refractivity contribution in [1.82, 2.24) is 24.4 Å². The van der Waals surface area contributed by atoms with Gasteiger partial charge in [0, 0.05) is 13.2 Å². The Morgan fingerprint density at radius 2 is 1.94 bits per heavy atom. The van der Waals surface area contributed by atoms with Crippen LogP contribution in [-0.2, 0) is 0 Å². The molecule has 0 saturated carbocycles. The lowest BCUT2D eigenvalue weighted by Gasteiger charge is -2.24. The van der Waals surface area contributed by atoms with Crippen LogP contribution in [0.5, 0.6) is 0 Å². The van der Waals surface area contributed by atoms with Crippen LogP contribution in [0.2, 0.25) is 5.02 Å². The first-order valence-corrected chi connectivity index (χ1v) is 9.54. The van der Waals surface area contributed by atoms with Crippen molar-refractivity contribution in [3.05, 3.63) is 88.1 Å². The molecule has 0 fully saturated rings. The molecule has 0 unspecified atom stereocenters. The van der Waals surface area contributed by atoms with E-state index in [4.69, 9.17) is 11.6 Å². The first kappa shape index (κ1) is 20.4. The van der Waals surface area contributed by atoms with Gasteiger partial charge >= 0.3 is 0 Å². The Kier molecular flexibility index (Phi) is 5.59. The van der Waals surface area contributed by atoms with Crippen LogP contribution in [0.3, 0.4) is 0 Å². The first-order chi connectivity index (χ1) is 15.0. The standard InChI is InChI=1S/C14H8ClFN2O.C7H8N4O/c15-11-5-2-6-12-13(11)14(19)18(8-17-12)10-4-1-3-9(16)7-10;1-11-4-10-6-5(7(11)12)2-8-3-9-6/h1-8H;2-3H,4H2,1H3,(H,8,9,10). The van der Waals surface area contributed by atoms with Gasteiger partial charge in [0.05, 0.1) is 28.3 Å². The van der Waals surface area contributed by atoms with Crippen molar-refractivity contribution in [2.24, 2.45) is 0 Å². The number of hydrogen-bond acceptors (Lipinski definition) is 6. The van der Waals surface area contributed by atoms with Gasteiger partial charge in [-0.25, -0.2) is 19.3 Å². The highest BCUT2D eigenvalue weighted by Crippen LogP contribution is 2.19. The number of rotatable bonds is 1. The molecule has 4 aromatic rings. The molecule has 2 aromatic heterocycles. The van der Waals surface area contributed by atoms with Crippen LogP contribution in [0.1, 0.15) is 10.4 Å². The lowest BCUT2D eigenvalue weighted by Crippen LogP contribution is -2.37. The molecule has 1 aliphatic heterocycles. The van der Waals surface area contributed by atoms with Gasteiger partial charge in [0.25, 0.3) is 11.5 Å². The van der Waals surface area contributed by atoms with E-state index in [1.165, 1.54) is 41.6 Å². The quantitative estimate of drug-likeness (QED) is 0.491. The van der Waals surface area contributed by atoms with Crippen molar-refractivity contribution in [2.45, 2.75) is 0 Å². The van der Waals surface area contributed by atoms with Crippen molar-refractivity contribution in [3.63, 3.8) is 0 Å². The van der Waals surface area contributed by atoms with Gasteiger partial charge in [-0.05, 0) is 30.3 Å². The third-order valence-corrected chi connectivity index (χ3v) is 4.91. The van der Waals surface area contributed by atoms with Gasteiger partial charge in [-0.1, -0.05) is 23.7 Å². The van der Waals surface area contributed by atoms with E-state index in [2.05, 4.69) is 20.3 Å². The van der Waals surface area contributed by atoms with Crippen molar-refractivity contribution in [3.8, 4) is 5.69 Å². The van der Waals surface area contributed by atoms with E-state index >= 15 is 0 Å². The molecule has 1 N–H and O–H groups in total. The first-order valence-electron chi connectivity index (χ1n) is 9.17. The van der Waals surface area contributed by atoms with Crippen LogP contribution in [0.25, 0.3) is 16.6 Å². The summed E-state index contributed by atoms with van der Waals surface area (Å²) in [4.78, 5) is 37.3. The Balaban J connectivity index is 0.000000166. The molecule has 8 nitrogen and oxygen atoms in total. The van der Waals surface area contributed by atoms with E-state index in [-0.39, 0.29) is 11.5 Å². The lowest BCUT2D eigenvalue weighted by molar-refractivity contribution is 0.0795. The Morgan fingerprint density at radius 1 is 1.13 bits per heavy atom. The fraction of sp³-hybridized carbons (Fsp3) is 0.0952. The van der Waals surface area contributed by atoms with Crippen LogP contribution in [0.15, 0.2) is 66.1 Å². The summed E-state index contributed by atoms with van der Waals surface area (Å²) in [6, 6.07) is 10.8. The minimum Gasteiger partial charge on any atom is -0.352 e. The maximum atomic E-state index is 13.2. The minimum atomic E-state index is -0.413. The maximum Gasteiger partial charge on any atom is 0.267 e. The summed E-state index contributed by atoms with van der Waals surface area (Å²) in [6.07, 6.45) is 4.31. The fourth-order valence-electron chi connectivity index (χ4n) is 3.03. The summed E-state index contributed by atoms with van der Waals surface area (Å²) in [7, 11) is 1.73. The molecule has 0 spiro atoms. The van der Waals surface area contributed by atoms with Crippen LogP contribution < -0.4 is 10.9 Å². The molecular weight excluding hydrogens is 423 g/mol. The zero-order chi connectivity index (χ0) is 22.0. The van der Waals surface area contributed by atoms with Crippen LogP contribution in [-0.4, -0.2) is 44.0 Å². The summed E-state index contributed by atoms with van der Waals surface area (Å²) >= 11 is 6.03. The predicted molar refractivity (Wildman–Crippen MR) is 115 cm³/mol. The third kappa shape index (κ3) is 4.08. The highest BCUT2D eigenvalue weighted by atomic mass is 35.5. The number of benzene rings is 2. The Bertz CT molecular complexity index is 1340. The van der Waals surface area contributed by atoms with Gasteiger partial charge in [0.2, 0.25) is 0 Å². The van der Waals surface area contributed by atoms with Crippen molar-refractivity contribution < 1.29 is 9.18 Å². The second-order valence-corrected chi connectivity index (χ2v) is 7.06. The van der Waals surface area contributed by atoms with Gasteiger partial charge in [-0.15, -0.1) is 0 Å². The minimum absolute atomic E-state index is 0.0376. The normalized spacial score (nSPS) is 12.6. The zero-order valence-corrected chi connectivity index (χ0v) is 17.0. The largest absolute Gasteiger partial charge is 0.352 e. The SMILES string of the molecule is CN1CNc2ncncc2C1=O.O=c1c2c(Cl)cccc2ncn1-c1cccc(F)c1. The number of anilines is 1. The van der Waals surface area contributed by atoms with E-state index in [9.17, 15) is 14.0 Å². The number of hydrogen-bond donors (Lipinski definition) is 1. The Labute approximate surface area is 181 Å². The smallest absolute Gasteiger partial charge is 0.267 e. The lowest BCUT2D eigenvalue weighted by atomic mass is 10.2. The molecule has 1 amide bonds. The number of halogens is 2. The topological polar surface area (TPSA) is 93.0 Å². The van der Waals surface area contributed by atoms with Crippen molar-refractivity contribution >= 4 is 34.2 Å². The Morgan fingerprint density at radius 3 is 2.74 bits per heavy atom. The molecule has 156 valence electrons. The molecule has 31 heavy (non-hydrogen) atoms. The molecule has 0 radical (unpaired) electrons. The molecule has 5 rings (SSSR count). The molecule has 3 heterocycles. The molecule has 0 saturated heterocycles. The van der Waals surface area contributed by atoms with E-state index in [1.54, 1.807) is 36.2 Å². The molecule has 0 atom stereocenters. The molecule has 0 aliphatic carbocycles. The summed E-state index contributed by atoms with van der Waals surface area (Å²) < 4.78 is 14.5. The predicted octanol–water partition coefficient (Wildman–Crippen LogP) is 3.11. The van der Waals surface area contributed by atoms with E-state index < -0.39 is 5.82 Å². The van der Waals surface area contributed by atoms with E-state index in [0.717, 1.165) is 0 Å². The van der Waals surface area contributed by atoms with Gasteiger partial charge in [-0.3, -0.25) is 14.2 Å². The summed E-state index contributed by atoms with van der Waals surface area (Å²) in [6.45, 7) is 0.503. The molecule has 10 heteroatoms. The number of nitrogens with one attached hydrogen (secondary N) is 1. The molecule has 0 bridgehead atoms. The van der Waals surface area contributed by atoms with Crippen molar-refractivity contribution in [2.75, 3.05) is 19.0 Å². The summed E-state index contributed by atoms with van der Waals surface area (Å²) in [5, 5.41) is 3.66. The number of nitrogens with zero attached hydrogens (tertiary/aromatic N) is 5. The molecular formula is C21H16ClFN6O2. The van der Waals surface area contributed by atoms with Gasteiger partial charge in [0.15, 0.2) is 0 Å². The Hall–Kier alpha value is -3.85. The van der Waals surface area contributed by atoms with Gasteiger partial charge < -0.3 is 10.2 Å².